The minimum absolute atomic E-state index is 0.0142. The molecule has 1 rings (SSSR count). The molecule has 3 heteroatoms. The van der Waals surface area contributed by atoms with E-state index in [2.05, 4.69) is 6.58 Å². The zero-order chi connectivity index (χ0) is 11.1. The molecule has 1 aromatic rings. The summed E-state index contributed by atoms with van der Waals surface area (Å²) in [4.78, 5) is 0. The van der Waals surface area contributed by atoms with Crippen molar-refractivity contribution >= 4 is 11.6 Å². The van der Waals surface area contributed by atoms with Gasteiger partial charge in [0.05, 0.1) is 6.10 Å². The van der Waals surface area contributed by atoms with Gasteiger partial charge in [0.1, 0.15) is 6.79 Å². The predicted octanol–water partition coefficient (Wildman–Crippen LogP) is 3.58. The average molecular weight is 227 g/mol. The van der Waals surface area contributed by atoms with E-state index < -0.39 is 0 Å². The molecule has 0 aliphatic rings. The highest BCUT2D eigenvalue weighted by Crippen LogP contribution is 2.23. The van der Waals surface area contributed by atoms with Gasteiger partial charge in [0.15, 0.2) is 0 Å². The quantitative estimate of drug-likeness (QED) is 0.545. The molecule has 0 spiro atoms. The fourth-order valence-corrected chi connectivity index (χ4v) is 1.41. The Balaban J connectivity index is 2.69. The molecule has 0 aliphatic heterocycles. The molecule has 0 saturated carbocycles. The van der Waals surface area contributed by atoms with Crippen LogP contribution in [0.3, 0.4) is 0 Å². The van der Waals surface area contributed by atoms with E-state index in [0.717, 1.165) is 17.0 Å². The molecule has 0 aliphatic carbocycles. The summed E-state index contributed by atoms with van der Waals surface area (Å²) < 4.78 is 10.4. The molecule has 82 valence electrons. The molecule has 0 fully saturated rings. The fourth-order valence-electron chi connectivity index (χ4n) is 1.28. The first kappa shape index (κ1) is 12.2. The first-order valence-electron chi connectivity index (χ1n) is 4.75. The van der Waals surface area contributed by atoms with Crippen LogP contribution in [0.15, 0.2) is 36.9 Å². The maximum Gasteiger partial charge on any atom is 0.147 e. The van der Waals surface area contributed by atoms with Gasteiger partial charge in [-0.05, 0) is 24.1 Å². The Hall–Kier alpha value is -0.830. The molecule has 0 saturated heterocycles. The number of methoxy groups -OCH3 is 1. The summed E-state index contributed by atoms with van der Waals surface area (Å²) in [5.41, 5.74) is 1.08. The zero-order valence-corrected chi connectivity index (χ0v) is 9.54. The summed E-state index contributed by atoms with van der Waals surface area (Å²) in [6, 6.07) is 7.60. The Morgan fingerprint density at radius 1 is 1.40 bits per heavy atom. The van der Waals surface area contributed by atoms with E-state index >= 15 is 0 Å². The van der Waals surface area contributed by atoms with Crippen LogP contribution in [-0.4, -0.2) is 13.9 Å². The maximum absolute atomic E-state index is 5.81. The first-order chi connectivity index (χ1) is 7.27. The Labute approximate surface area is 95.5 Å². The second-order valence-corrected chi connectivity index (χ2v) is 3.57. The lowest BCUT2D eigenvalue weighted by Crippen LogP contribution is -2.05. The predicted molar refractivity (Wildman–Crippen MR) is 62.0 cm³/mol. The molecule has 0 heterocycles. The topological polar surface area (TPSA) is 18.5 Å². The normalized spacial score (nSPS) is 12.4. The molecule has 1 atom stereocenters. The molecule has 0 bridgehead atoms. The van der Waals surface area contributed by atoms with Gasteiger partial charge in [-0.3, -0.25) is 0 Å². The summed E-state index contributed by atoms with van der Waals surface area (Å²) in [5, 5.41) is 0.725. The Morgan fingerprint density at radius 2 is 2.07 bits per heavy atom. The molecule has 15 heavy (non-hydrogen) atoms. The second-order valence-electron chi connectivity index (χ2n) is 3.14. The van der Waals surface area contributed by atoms with Crippen LogP contribution < -0.4 is 0 Å². The van der Waals surface area contributed by atoms with Gasteiger partial charge in [-0.25, -0.2) is 0 Å². The average Bonchev–Trinajstić information content (AvgIpc) is 2.25. The highest BCUT2D eigenvalue weighted by atomic mass is 35.5. The second kappa shape index (κ2) is 6.62. The molecule has 2 nitrogen and oxygen atoms in total. The Bertz CT molecular complexity index is 295. The molecular weight excluding hydrogens is 212 g/mol. The third kappa shape index (κ3) is 4.04. The van der Waals surface area contributed by atoms with E-state index in [1.165, 1.54) is 0 Å². The van der Waals surface area contributed by atoms with Crippen molar-refractivity contribution in [1.82, 2.24) is 0 Å². The maximum atomic E-state index is 5.81. The fraction of sp³-hybridized carbons (Fsp3) is 0.333. The molecule has 0 aromatic heterocycles. The van der Waals surface area contributed by atoms with Crippen molar-refractivity contribution in [3.8, 4) is 0 Å². The Morgan fingerprint density at radius 3 is 2.60 bits per heavy atom. The first-order valence-corrected chi connectivity index (χ1v) is 5.12. The molecular formula is C12H15ClO2. The van der Waals surface area contributed by atoms with Crippen molar-refractivity contribution in [2.24, 2.45) is 0 Å². The minimum atomic E-state index is -0.0142. The summed E-state index contributed by atoms with van der Waals surface area (Å²) in [6.45, 7) is 3.98. The van der Waals surface area contributed by atoms with E-state index in [0.29, 0.717) is 0 Å². The van der Waals surface area contributed by atoms with Crippen LogP contribution in [0.4, 0.5) is 0 Å². The van der Waals surface area contributed by atoms with Gasteiger partial charge in [0, 0.05) is 12.1 Å². The lowest BCUT2D eigenvalue weighted by atomic mass is 10.1. The molecule has 0 radical (unpaired) electrons. The van der Waals surface area contributed by atoms with Gasteiger partial charge in [0.25, 0.3) is 0 Å². The zero-order valence-electron chi connectivity index (χ0n) is 8.78. The number of ether oxygens (including phenoxy) is 2. The number of hydrogen-bond acceptors (Lipinski definition) is 2. The number of halogens is 1. The van der Waals surface area contributed by atoms with E-state index in [9.17, 15) is 0 Å². The van der Waals surface area contributed by atoms with E-state index in [1.54, 1.807) is 7.11 Å². The largest absolute Gasteiger partial charge is 0.359 e. The van der Waals surface area contributed by atoms with Crippen LogP contribution in [0.1, 0.15) is 18.1 Å². The van der Waals surface area contributed by atoms with Gasteiger partial charge < -0.3 is 9.47 Å². The lowest BCUT2D eigenvalue weighted by molar-refractivity contribution is -0.0720. The van der Waals surface area contributed by atoms with E-state index in [1.807, 2.05) is 30.3 Å². The molecule has 1 unspecified atom stereocenters. The van der Waals surface area contributed by atoms with E-state index in [-0.39, 0.29) is 12.9 Å². The number of hydrogen-bond donors (Lipinski definition) is 0. The van der Waals surface area contributed by atoms with Crippen LogP contribution in [0, 0.1) is 0 Å². The highest BCUT2D eigenvalue weighted by molar-refractivity contribution is 6.30. The summed E-state index contributed by atoms with van der Waals surface area (Å²) in [6.07, 6.45) is 2.57. The number of rotatable bonds is 6. The third-order valence-corrected chi connectivity index (χ3v) is 2.26. The van der Waals surface area contributed by atoms with Crippen LogP contribution in [0.5, 0.6) is 0 Å². The summed E-state index contributed by atoms with van der Waals surface area (Å²) >= 11 is 5.81. The van der Waals surface area contributed by atoms with Crippen molar-refractivity contribution in [2.75, 3.05) is 13.9 Å². The van der Waals surface area contributed by atoms with Crippen LogP contribution >= 0.6 is 11.6 Å². The van der Waals surface area contributed by atoms with Crippen LogP contribution in [-0.2, 0) is 9.47 Å². The summed E-state index contributed by atoms with van der Waals surface area (Å²) in [5.74, 6) is 0. The standard InChI is InChI=1S/C12H15ClO2/c1-3-4-12(15-9-14-2)10-5-7-11(13)8-6-10/h3,5-8,12H,1,4,9H2,2H3. The molecule has 0 N–H and O–H groups in total. The van der Waals surface area contributed by atoms with Gasteiger partial charge in [0.2, 0.25) is 0 Å². The highest BCUT2D eigenvalue weighted by Gasteiger charge is 2.09. The molecule has 1 aromatic carbocycles. The van der Waals surface area contributed by atoms with Crippen LogP contribution in [0.2, 0.25) is 5.02 Å². The van der Waals surface area contributed by atoms with Crippen LogP contribution in [0.25, 0.3) is 0 Å². The van der Waals surface area contributed by atoms with Gasteiger partial charge >= 0.3 is 0 Å². The summed E-state index contributed by atoms with van der Waals surface area (Å²) in [7, 11) is 1.60. The van der Waals surface area contributed by atoms with E-state index in [4.69, 9.17) is 21.1 Å². The van der Waals surface area contributed by atoms with Gasteiger partial charge in [-0.2, -0.15) is 0 Å². The van der Waals surface area contributed by atoms with Crippen molar-refractivity contribution in [3.05, 3.63) is 47.5 Å². The van der Waals surface area contributed by atoms with Gasteiger partial charge in [-0.1, -0.05) is 29.8 Å². The monoisotopic (exact) mass is 226 g/mol. The minimum Gasteiger partial charge on any atom is -0.359 e. The van der Waals surface area contributed by atoms with Crippen molar-refractivity contribution in [1.29, 1.82) is 0 Å². The SMILES string of the molecule is C=CCC(OCOC)c1ccc(Cl)cc1. The van der Waals surface area contributed by atoms with Crippen molar-refractivity contribution in [3.63, 3.8) is 0 Å². The van der Waals surface area contributed by atoms with Crippen molar-refractivity contribution in [2.45, 2.75) is 12.5 Å². The number of benzene rings is 1. The molecule has 0 amide bonds. The Kier molecular flexibility index (Phi) is 5.40. The smallest absolute Gasteiger partial charge is 0.147 e. The van der Waals surface area contributed by atoms with Crippen molar-refractivity contribution < 1.29 is 9.47 Å². The lowest BCUT2D eigenvalue weighted by Gasteiger charge is -2.16. The third-order valence-electron chi connectivity index (χ3n) is 2.01. The van der Waals surface area contributed by atoms with Gasteiger partial charge in [-0.15, -0.1) is 6.58 Å².